The number of nitro groups is 1. The summed E-state index contributed by atoms with van der Waals surface area (Å²) in [5.41, 5.74) is 1.73. The Morgan fingerprint density at radius 3 is 2.58 bits per heavy atom. The normalized spacial score (nSPS) is 10.7. The quantitative estimate of drug-likeness (QED) is 0.562. The first kappa shape index (κ1) is 11.2. The molecule has 3 aromatic rings. The fraction of sp³-hybridized carbons (Fsp3) is 0. The van der Waals surface area contributed by atoms with Gasteiger partial charge in [-0.2, -0.15) is 0 Å². The number of phenolic OH excluding ortho intramolecular Hbond substituents is 1. The molecule has 6 heteroatoms. The fourth-order valence-electron chi connectivity index (χ4n) is 1.77. The van der Waals surface area contributed by atoms with Crippen LogP contribution in [0, 0.1) is 10.1 Å². The molecule has 1 N–H and O–H groups in total. The number of non-ortho nitro benzene ring substituents is 1. The van der Waals surface area contributed by atoms with Gasteiger partial charge < -0.3 is 9.52 Å². The largest absolute Gasteiger partial charge is 0.508 e. The van der Waals surface area contributed by atoms with E-state index in [1.807, 2.05) is 0 Å². The Morgan fingerprint density at radius 2 is 1.89 bits per heavy atom. The second-order valence-corrected chi connectivity index (χ2v) is 3.98. The number of nitrogens with zero attached hydrogens (tertiary/aromatic N) is 2. The van der Waals surface area contributed by atoms with Gasteiger partial charge in [0.05, 0.1) is 4.92 Å². The molecule has 0 saturated carbocycles. The monoisotopic (exact) mass is 256 g/mol. The van der Waals surface area contributed by atoms with Crippen LogP contribution in [0.2, 0.25) is 0 Å². The molecule has 0 bridgehead atoms. The zero-order valence-corrected chi connectivity index (χ0v) is 9.61. The summed E-state index contributed by atoms with van der Waals surface area (Å²) in [5, 5.41) is 19.9. The lowest BCUT2D eigenvalue weighted by atomic mass is 10.2. The van der Waals surface area contributed by atoms with Gasteiger partial charge in [-0.1, -0.05) is 0 Å². The van der Waals surface area contributed by atoms with Gasteiger partial charge in [0, 0.05) is 23.8 Å². The van der Waals surface area contributed by atoms with E-state index < -0.39 is 4.92 Å². The third-order valence-electron chi connectivity index (χ3n) is 2.70. The molecule has 0 spiro atoms. The zero-order chi connectivity index (χ0) is 13.4. The number of oxazole rings is 1. The third-order valence-corrected chi connectivity index (χ3v) is 2.70. The Labute approximate surface area is 107 Å². The van der Waals surface area contributed by atoms with Crippen molar-refractivity contribution in [3.63, 3.8) is 0 Å². The average molecular weight is 256 g/mol. The molecule has 94 valence electrons. The average Bonchev–Trinajstić information content (AvgIpc) is 2.81. The molecule has 0 amide bonds. The summed E-state index contributed by atoms with van der Waals surface area (Å²) in [7, 11) is 0. The first-order valence-electron chi connectivity index (χ1n) is 5.48. The highest BCUT2D eigenvalue weighted by Crippen LogP contribution is 2.27. The van der Waals surface area contributed by atoms with Crippen LogP contribution in [0.15, 0.2) is 46.9 Å². The maximum absolute atomic E-state index is 10.6. The summed E-state index contributed by atoms with van der Waals surface area (Å²) in [6.45, 7) is 0. The predicted molar refractivity (Wildman–Crippen MR) is 67.8 cm³/mol. The summed E-state index contributed by atoms with van der Waals surface area (Å²) < 4.78 is 5.52. The lowest BCUT2D eigenvalue weighted by Crippen LogP contribution is -1.87. The fourth-order valence-corrected chi connectivity index (χ4v) is 1.77. The van der Waals surface area contributed by atoms with E-state index >= 15 is 0 Å². The molecule has 0 atom stereocenters. The van der Waals surface area contributed by atoms with Crippen molar-refractivity contribution >= 4 is 16.8 Å². The van der Waals surface area contributed by atoms with E-state index in [4.69, 9.17) is 4.42 Å². The molecule has 0 aliphatic rings. The lowest BCUT2D eigenvalue weighted by Gasteiger charge is -1.94. The van der Waals surface area contributed by atoms with Crippen molar-refractivity contribution in [2.45, 2.75) is 0 Å². The Hall–Kier alpha value is -2.89. The van der Waals surface area contributed by atoms with Crippen LogP contribution in [0.25, 0.3) is 22.6 Å². The van der Waals surface area contributed by atoms with Crippen LogP contribution in [-0.4, -0.2) is 15.0 Å². The highest BCUT2D eigenvalue weighted by atomic mass is 16.6. The molecule has 0 aliphatic carbocycles. The minimum atomic E-state index is -0.464. The number of fused-ring (bicyclic) bond motifs is 1. The summed E-state index contributed by atoms with van der Waals surface area (Å²) in [6, 6.07) is 10.5. The molecule has 2 aromatic carbocycles. The van der Waals surface area contributed by atoms with Crippen LogP contribution >= 0.6 is 0 Å². The number of hydrogen-bond donors (Lipinski definition) is 1. The number of hydrogen-bond acceptors (Lipinski definition) is 5. The van der Waals surface area contributed by atoms with Gasteiger partial charge in [0.15, 0.2) is 5.58 Å². The van der Waals surface area contributed by atoms with E-state index in [2.05, 4.69) is 4.98 Å². The Bertz CT molecular complexity index is 762. The topological polar surface area (TPSA) is 89.4 Å². The number of rotatable bonds is 2. The van der Waals surface area contributed by atoms with Gasteiger partial charge in [0.25, 0.3) is 5.69 Å². The van der Waals surface area contributed by atoms with Crippen LogP contribution < -0.4 is 0 Å². The van der Waals surface area contributed by atoms with Crippen LogP contribution in [0.3, 0.4) is 0 Å². The summed E-state index contributed by atoms with van der Waals surface area (Å²) in [6.07, 6.45) is 0. The molecule has 3 rings (SSSR count). The Morgan fingerprint density at radius 1 is 1.16 bits per heavy atom. The first-order chi connectivity index (χ1) is 9.13. The SMILES string of the molecule is O=[N+]([O-])c1ccc(-c2nc3cc(O)ccc3o2)cc1. The number of aromatic hydroxyl groups is 1. The minimum absolute atomic E-state index is 0.0116. The smallest absolute Gasteiger partial charge is 0.269 e. The van der Waals surface area contributed by atoms with Crippen LogP contribution in [0.4, 0.5) is 5.69 Å². The van der Waals surface area contributed by atoms with E-state index in [1.165, 1.54) is 24.3 Å². The van der Waals surface area contributed by atoms with E-state index in [0.29, 0.717) is 22.6 Å². The van der Waals surface area contributed by atoms with Crippen molar-refractivity contribution in [3.05, 3.63) is 52.6 Å². The van der Waals surface area contributed by atoms with E-state index in [9.17, 15) is 15.2 Å². The molecule has 0 unspecified atom stereocenters. The van der Waals surface area contributed by atoms with Gasteiger partial charge in [-0.15, -0.1) is 0 Å². The van der Waals surface area contributed by atoms with Crippen molar-refractivity contribution in [3.8, 4) is 17.2 Å². The van der Waals surface area contributed by atoms with Gasteiger partial charge in [-0.05, 0) is 24.3 Å². The molecule has 0 aliphatic heterocycles. The lowest BCUT2D eigenvalue weighted by molar-refractivity contribution is -0.384. The predicted octanol–water partition coefficient (Wildman–Crippen LogP) is 3.11. The Kier molecular flexibility index (Phi) is 2.42. The van der Waals surface area contributed by atoms with Gasteiger partial charge in [0.2, 0.25) is 5.89 Å². The van der Waals surface area contributed by atoms with Crippen molar-refractivity contribution < 1.29 is 14.4 Å². The zero-order valence-electron chi connectivity index (χ0n) is 9.61. The third kappa shape index (κ3) is 1.99. The van der Waals surface area contributed by atoms with E-state index in [-0.39, 0.29) is 11.4 Å². The first-order valence-corrected chi connectivity index (χ1v) is 5.48. The van der Waals surface area contributed by atoms with E-state index in [0.717, 1.165) is 0 Å². The van der Waals surface area contributed by atoms with Gasteiger partial charge >= 0.3 is 0 Å². The van der Waals surface area contributed by atoms with Gasteiger partial charge in [-0.25, -0.2) is 4.98 Å². The molecule has 19 heavy (non-hydrogen) atoms. The molecular formula is C13H8N2O4. The summed E-state index contributed by atoms with van der Waals surface area (Å²) in [5.74, 6) is 0.464. The molecule has 1 heterocycles. The van der Waals surface area contributed by atoms with Crippen molar-refractivity contribution in [1.82, 2.24) is 4.98 Å². The molecule has 0 saturated heterocycles. The molecule has 1 aromatic heterocycles. The number of nitro benzene ring substituents is 1. The maximum atomic E-state index is 10.6. The van der Waals surface area contributed by atoms with Gasteiger partial charge in [-0.3, -0.25) is 10.1 Å². The standard InChI is InChI=1S/C13H8N2O4/c16-10-5-6-12-11(7-10)14-13(19-12)8-1-3-9(4-2-8)15(17)18/h1-7,16H. The molecular weight excluding hydrogens is 248 g/mol. The molecule has 6 nitrogen and oxygen atoms in total. The number of aromatic nitrogens is 1. The molecule has 0 fully saturated rings. The van der Waals surface area contributed by atoms with Crippen molar-refractivity contribution in [2.75, 3.05) is 0 Å². The van der Waals surface area contributed by atoms with Crippen LogP contribution in [0.1, 0.15) is 0 Å². The maximum Gasteiger partial charge on any atom is 0.269 e. The van der Waals surface area contributed by atoms with E-state index in [1.54, 1.807) is 18.2 Å². The summed E-state index contributed by atoms with van der Waals surface area (Å²) in [4.78, 5) is 14.3. The number of benzene rings is 2. The highest BCUT2D eigenvalue weighted by molar-refractivity contribution is 5.77. The van der Waals surface area contributed by atoms with Crippen LogP contribution in [-0.2, 0) is 0 Å². The Balaban J connectivity index is 2.06. The molecule has 0 radical (unpaired) electrons. The van der Waals surface area contributed by atoms with Crippen molar-refractivity contribution in [1.29, 1.82) is 0 Å². The second-order valence-electron chi connectivity index (χ2n) is 3.98. The van der Waals surface area contributed by atoms with Crippen molar-refractivity contribution in [2.24, 2.45) is 0 Å². The number of phenols is 1. The summed E-state index contributed by atoms with van der Waals surface area (Å²) >= 11 is 0. The van der Waals surface area contributed by atoms with Gasteiger partial charge in [0.1, 0.15) is 11.3 Å². The second kappa shape index (κ2) is 4.09. The van der Waals surface area contributed by atoms with Crippen LogP contribution in [0.5, 0.6) is 5.75 Å². The highest BCUT2D eigenvalue weighted by Gasteiger charge is 2.10. The minimum Gasteiger partial charge on any atom is -0.508 e.